The van der Waals surface area contributed by atoms with Gasteiger partial charge in [0, 0.05) is 38.0 Å². The van der Waals surface area contributed by atoms with Crippen LogP contribution < -0.4 is 5.32 Å². The van der Waals surface area contributed by atoms with Crippen molar-refractivity contribution in [2.75, 3.05) is 33.4 Å². The van der Waals surface area contributed by atoms with Crippen molar-refractivity contribution < 1.29 is 9.47 Å². The third-order valence-corrected chi connectivity index (χ3v) is 4.32. The Hall–Kier alpha value is -0.420. The zero-order valence-corrected chi connectivity index (χ0v) is 10.5. The van der Waals surface area contributed by atoms with Crippen molar-refractivity contribution in [3.63, 3.8) is 0 Å². The summed E-state index contributed by atoms with van der Waals surface area (Å²) in [6, 6.07) is 1.09. The molecule has 1 N–H and O–H groups in total. The highest BCUT2D eigenvalue weighted by Gasteiger charge is 2.46. The number of nitrogens with one attached hydrogen (secondary N) is 1. The van der Waals surface area contributed by atoms with E-state index >= 15 is 0 Å². The summed E-state index contributed by atoms with van der Waals surface area (Å²) in [5, 5.41) is 3.46. The van der Waals surface area contributed by atoms with E-state index in [9.17, 15) is 0 Å². The third-order valence-electron chi connectivity index (χ3n) is 4.32. The molecule has 4 heteroatoms. The van der Waals surface area contributed by atoms with E-state index in [2.05, 4.69) is 29.4 Å². The fourth-order valence-electron chi connectivity index (χ4n) is 3.38. The predicted octanol–water partition coefficient (Wildman–Crippen LogP) is 0.742. The molecule has 3 rings (SSSR count). The largest absolute Gasteiger partial charge is 0.347 e. The molecule has 1 spiro atoms. The molecule has 1 saturated carbocycles. The maximum atomic E-state index is 5.87. The van der Waals surface area contributed by atoms with Crippen LogP contribution in [0.2, 0.25) is 0 Å². The van der Waals surface area contributed by atoms with Gasteiger partial charge in [0.2, 0.25) is 0 Å². The van der Waals surface area contributed by atoms with Gasteiger partial charge < -0.3 is 14.8 Å². The number of rotatable bonds is 2. The van der Waals surface area contributed by atoms with E-state index in [1.807, 2.05) is 0 Å². The zero-order chi connectivity index (χ0) is 11.7. The number of hydrogen-bond donors (Lipinski definition) is 1. The highest BCUT2D eigenvalue weighted by Crippen LogP contribution is 2.38. The van der Waals surface area contributed by atoms with E-state index in [0.29, 0.717) is 12.1 Å². The Morgan fingerprint density at radius 2 is 1.94 bits per heavy atom. The van der Waals surface area contributed by atoms with Crippen LogP contribution >= 0.6 is 0 Å². The Balaban J connectivity index is 1.72. The van der Waals surface area contributed by atoms with Gasteiger partial charge in [-0.25, -0.2) is 0 Å². The lowest BCUT2D eigenvalue weighted by atomic mass is 9.84. The Morgan fingerprint density at radius 1 is 1.24 bits per heavy atom. The quantitative estimate of drug-likeness (QED) is 0.720. The van der Waals surface area contributed by atoms with E-state index in [1.165, 1.54) is 0 Å². The first-order valence-corrected chi connectivity index (χ1v) is 6.67. The second-order valence-electron chi connectivity index (χ2n) is 5.24. The van der Waals surface area contributed by atoms with Crippen LogP contribution in [0.4, 0.5) is 0 Å². The Morgan fingerprint density at radius 3 is 2.59 bits per heavy atom. The van der Waals surface area contributed by atoms with Gasteiger partial charge in [0.25, 0.3) is 0 Å². The molecule has 4 nitrogen and oxygen atoms in total. The molecule has 2 atom stereocenters. The lowest BCUT2D eigenvalue weighted by Gasteiger charge is -2.44. The minimum absolute atomic E-state index is 0.277. The first kappa shape index (κ1) is 11.7. The molecule has 1 aliphatic carbocycles. The molecule has 2 heterocycles. The third kappa shape index (κ3) is 2.15. The lowest BCUT2D eigenvalue weighted by molar-refractivity contribution is -0.192. The molecule has 0 amide bonds. The molecule has 0 aromatic rings. The van der Waals surface area contributed by atoms with Crippen molar-refractivity contribution in [2.45, 2.75) is 37.1 Å². The number of nitrogens with zero attached hydrogens (tertiary/aromatic N) is 1. The summed E-state index contributed by atoms with van der Waals surface area (Å²) in [4.78, 5) is 2.52. The van der Waals surface area contributed by atoms with Crippen molar-refractivity contribution in [1.29, 1.82) is 0 Å². The van der Waals surface area contributed by atoms with Gasteiger partial charge in [0.05, 0.1) is 13.2 Å². The van der Waals surface area contributed by atoms with Gasteiger partial charge in [-0.3, -0.25) is 4.90 Å². The molecule has 0 aromatic carbocycles. The minimum Gasteiger partial charge on any atom is -0.347 e. The highest BCUT2D eigenvalue weighted by atomic mass is 16.7. The van der Waals surface area contributed by atoms with Gasteiger partial charge in [-0.2, -0.15) is 0 Å². The minimum atomic E-state index is -0.277. The molecule has 0 aromatic heterocycles. The maximum absolute atomic E-state index is 5.87. The van der Waals surface area contributed by atoms with E-state index in [4.69, 9.17) is 9.47 Å². The van der Waals surface area contributed by atoms with Gasteiger partial charge >= 0.3 is 0 Å². The van der Waals surface area contributed by atoms with Gasteiger partial charge in [-0.1, -0.05) is 12.2 Å². The molecule has 2 aliphatic heterocycles. The second-order valence-corrected chi connectivity index (χ2v) is 5.24. The Kier molecular flexibility index (Phi) is 3.21. The molecule has 96 valence electrons. The van der Waals surface area contributed by atoms with Gasteiger partial charge in [-0.05, 0) is 13.5 Å². The maximum Gasteiger partial charge on any atom is 0.170 e. The highest BCUT2D eigenvalue weighted by molar-refractivity contribution is 5.03. The first-order chi connectivity index (χ1) is 8.33. The Labute approximate surface area is 103 Å². The van der Waals surface area contributed by atoms with Crippen LogP contribution in [0.3, 0.4) is 0 Å². The van der Waals surface area contributed by atoms with Crippen molar-refractivity contribution in [3.8, 4) is 0 Å². The molecule has 3 aliphatic rings. The van der Waals surface area contributed by atoms with E-state index in [1.54, 1.807) is 0 Å². The molecule has 0 unspecified atom stereocenters. The van der Waals surface area contributed by atoms with Gasteiger partial charge in [0.15, 0.2) is 5.79 Å². The van der Waals surface area contributed by atoms with Crippen LogP contribution in [-0.4, -0.2) is 56.1 Å². The van der Waals surface area contributed by atoms with Crippen molar-refractivity contribution in [1.82, 2.24) is 10.2 Å². The van der Waals surface area contributed by atoms with Gasteiger partial charge in [0.1, 0.15) is 0 Å². The molecular formula is C13H22N2O2. The first-order valence-electron chi connectivity index (χ1n) is 6.67. The monoisotopic (exact) mass is 238 g/mol. The molecule has 2 fully saturated rings. The normalized spacial score (nSPS) is 37.0. The lowest BCUT2D eigenvalue weighted by Crippen LogP contribution is -2.56. The van der Waals surface area contributed by atoms with Crippen molar-refractivity contribution in [3.05, 3.63) is 12.2 Å². The molecule has 0 bridgehead atoms. The van der Waals surface area contributed by atoms with Gasteiger partial charge in [-0.15, -0.1) is 0 Å². The molecule has 1 saturated heterocycles. The summed E-state index contributed by atoms with van der Waals surface area (Å²) >= 11 is 0. The number of ether oxygens (including phenoxy) is 2. The zero-order valence-electron chi connectivity index (χ0n) is 10.5. The second kappa shape index (κ2) is 4.69. The topological polar surface area (TPSA) is 33.7 Å². The number of hydrogen-bond acceptors (Lipinski definition) is 4. The summed E-state index contributed by atoms with van der Waals surface area (Å²) in [5.74, 6) is -0.277. The molecule has 0 radical (unpaired) electrons. The average molecular weight is 238 g/mol. The van der Waals surface area contributed by atoms with E-state index in [0.717, 1.165) is 45.6 Å². The summed E-state index contributed by atoms with van der Waals surface area (Å²) in [7, 11) is 2.07. The summed E-state index contributed by atoms with van der Waals surface area (Å²) < 4.78 is 11.7. The predicted molar refractivity (Wildman–Crippen MR) is 65.8 cm³/mol. The van der Waals surface area contributed by atoms with Crippen LogP contribution in [-0.2, 0) is 9.47 Å². The summed E-state index contributed by atoms with van der Waals surface area (Å²) in [5.41, 5.74) is 0. The van der Waals surface area contributed by atoms with Crippen LogP contribution in [0.1, 0.15) is 19.3 Å². The van der Waals surface area contributed by atoms with Crippen LogP contribution in [0.15, 0.2) is 12.2 Å². The summed E-state index contributed by atoms with van der Waals surface area (Å²) in [6.07, 6.45) is 7.67. The van der Waals surface area contributed by atoms with Crippen molar-refractivity contribution in [2.24, 2.45) is 0 Å². The van der Waals surface area contributed by atoms with Crippen LogP contribution in [0.25, 0.3) is 0 Å². The standard InChI is InChI=1S/C13H22N2O2/c1-14-11-4-5-13(16-8-9-17-13)10-12(11)15-6-2-3-7-15/h2-3,11-12,14H,4-10H2,1H3/t11-,12-/m0/s1. The molecular weight excluding hydrogens is 216 g/mol. The van der Waals surface area contributed by atoms with Crippen molar-refractivity contribution >= 4 is 0 Å². The summed E-state index contributed by atoms with van der Waals surface area (Å²) in [6.45, 7) is 3.65. The van der Waals surface area contributed by atoms with E-state index < -0.39 is 0 Å². The smallest absolute Gasteiger partial charge is 0.170 e. The fourth-order valence-corrected chi connectivity index (χ4v) is 3.38. The SMILES string of the molecule is CN[C@H]1CCC2(C[C@@H]1N1CC=CC1)OCCO2. The number of likely N-dealkylation sites (N-methyl/N-ethyl adjacent to an activating group) is 1. The Bertz CT molecular complexity index is 290. The fraction of sp³-hybridized carbons (Fsp3) is 0.846. The average Bonchev–Trinajstić information content (AvgIpc) is 3.00. The molecule has 17 heavy (non-hydrogen) atoms. The van der Waals surface area contributed by atoms with Crippen LogP contribution in [0, 0.1) is 0 Å². The van der Waals surface area contributed by atoms with Crippen LogP contribution in [0.5, 0.6) is 0 Å². The van der Waals surface area contributed by atoms with E-state index in [-0.39, 0.29) is 5.79 Å².